The molecular weight excluding hydrogens is 472 g/mol. The molecule has 0 saturated carbocycles. The predicted octanol–water partition coefficient (Wildman–Crippen LogP) is 6.70. The van der Waals surface area contributed by atoms with Crippen molar-refractivity contribution in [3.8, 4) is 45.7 Å². The fourth-order valence-corrected chi connectivity index (χ4v) is 4.66. The second-order valence-corrected chi connectivity index (χ2v) is 10.6. The van der Waals surface area contributed by atoms with E-state index in [-0.39, 0.29) is 11.5 Å². The molecule has 0 atom stereocenters. The molecule has 1 heterocycles. The first-order valence-corrected chi connectivity index (χ1v) is 13.3. The molecule has 0 radical (unpaired) electrons. The van der Waals surface area contributed by atoms with Crippen molar-refractivity contribution in [1.29, 1.82) is 0 Å². The largest absolute Gasteiger partial charge is 0.508 e. The number of rotatable bonds is 9. The molecule has 6 heteroatoms. The molecule has 0 spiro atoms. The van der Waals surface area contributed by atoms with Crippen LogP contribution in [0.25, 0.3) is 34.2 Å². The SMILES string of the molecule is Cc1ccc(-c2nc(-c3ccc(C)cc3C)nc(-c3cc(CCCNCC(C)C)c(O)cc3O)n2)c(C)c1. The van der Waals surface area contributed by atoms with Crippen LogP contribution in [0.1, 0.15) is 48.1 Å². The van der Waals surface area contributed by atoms with Crippen LogP contribution in [0.2, 0.25) is 0 Å². The Bertz CT molecular complexity index is 1380. The van der Waals surface area contributed by atoms with Gasteiger partial charge in [-0.1, -0.05) is 61.4 Å². The van der Waals surface area contributed by atoms with Gasteiger partial charge < -0.3 is 15.5 Å². The zero-order valence-electron chi connectivity index (χ0n) is 23.3. The van der Waals surface area contributed by atoms with Crippen molar-refractivity contribution in [2.45, 2.75) is 54.4 Å². The Morgan fingerprint density at radius 1 is 0.684 bits per heavy atom. The number of nitrogens with zero attached hydrogens (tertiary/aromatic N) is 3. The van der Waals surface area contributed by atoms with E-state index in [9.17, 15) is 10.2 Å². The molecule has 0 saturated heterocycles. The second-order valence-electron chi connectivity index (χ2n) is 10.6. The first-order valence-electron chi connectivity index (χ1n) is 13.3. The summed E-state index contributed by atoms with van der Waals surface area (Å²) in [7, 11) is 0. The molecule has 3 aromatic carbocycles. The summed E-state index contributed by atoms with van der Waals surface area (Å²) >= 11 is 0. The van der Waals surface area contributed by atoms with Crippen LogP contribution < -0.4 is 5.32 Å². The van der Waals surface area contributed by atoms with Crippen molar-refractivity contribution >= 4 is 0 Å². The number of hydrogen-bond acceptors (Lipinski definition) is 6. The highest BCUT2D eigenvalue weighted by Crippen LogP contribution is 2.36. The zero-order chi connectivity index (χ0) is 27.4. The van der Waals surface area contributed by atoms with Crippen LogP contribution in [0.3, 0.4) is 0 Å². The molecule has 38 heavy (non-hydrogen) atoms. The number of aromatic nitrogens is 3. The quantitative estimate of drug-likeness (QED) is 0.217. The van der Waals surface area contributed by atoms with E-state index in [1.54, 1.807) is 6.07 Å². The zero-order valence-corrected chi connectivity index (χ0v) is 23.3. The molecule has 0 unspecified atom stereocenters. The van der Waals surface area contributed by atoms with Gasteiger partial charge in [0, 0.05) is 17.2 Å². The van der Waals surface area contributed by atoms with Crippen LogP contribution in [-0.4, -0.2) is 38.3 Å². The van der Waals surface area contributed by atoms with E-state index in [0.29, 0.717) is 35.4 Å². The minimum atomic E-state index is -0.0615. The minimum absolute atomic E-state index is 0.0615. The van der Waals surface area contributed by atoms with E-state index >= 15 is 0 Å². The van der Waals surface area contributed by atoms with Gasteiger partial charge in [-0.25, -0.2) is 15.0 Å². The smallest absolute Gasteiger partial charge is 0.167 e. The van der Waals surface area contributed by atoms with E-state index in [1.165, 1.54) is 17.2 Å². The van der Waals surface area contributed by atoms with Crippen LogP contribution >= 0.6 is 0 Å². The fraction of sp³-hybridized carbons (Fsp3) is 0.344. The summed E-state index contributed by atoms with van der Waals surface area (Å²) in [5.74, 6) is 2.08. The molecular formula is C32H38N4O2. The van der Waals surface area contributed by atoms with E-state index in [2.05, 4.69) is 45.1 Å². The standard InChI is InChI=1S/C32H38N4O2/c1-19(2)18-33-13-7-8-24-16-27(29(38)17-28(24)37)32-35-30(25-11-9-20(3)14-22(25)5)34-31(36-32)26-12-10-21(4)15-23(26)6/h9-12,14-17,19,33,37-38H,7-8,13,18H2,1-6H3. The van der Waals surface area contributed by atoms with Crippen molar-refractivity contribution in [3.63, 3.8) is 0 Å². The van der Waals surface area contributed by atoms with Gasteiger partial charge in [0.15, 0.2) is 17.5 Å². The Morgan fingerprint density at radius 3 is 1.71 bits per heavy atom. The number of hydrogen-bond donors (Lipinski definition) is 3. The number of phenols is 2. The van der Waals surface area contributed by atoms with Crippen LogP contribution in [0, 0.1) is 33.6 Å². The maximum Gasteiger partial charge on any atom is 0.167 e. The molecule has 6 nitrogen and oxygen atoms in total. The summed E-state index contributed by atoms with van der Waals surface area (Å²) in [5, 5.41) is 24.9. The number of nitrogens with one attached hydrogen (secondary N) is 1. The highest BCUT2D eigenvalue weighted by molar-refractivity contribution is 5.73. The molecule has 0 fully saturated rings. The third-order valence-corrected chi connectivity index (χ3v) is 6.67. The molecule has 1 aromatic heterocycles. The highest BCUT2D eigenvalue weighted by Gasteiger charge is 2.18. The monoisotopic (exact) mass is 510 g/mol. The number of phenolic OH excluding ortho intramolecular Hbond substituents is 2. The fourth-order valence-electron chi connectivity index (χ4n) is 4.66. The number of benzene rings is 3. The summed E-state index contributed by atoms with van der Waals surface area (Å²) in [5.41, 5.74) is 7.53. The van der Waals surface area contributed by atoms with Gasteiger partial charge in [0.25, 0.3) is 0 Å². The van der Waals surface area contributed by atoms with Crippen molar-refractivity contribution in [2.75, 3.05) is 13.1 Å². The molecule has 3 N–H and O–H groups in total. The Labute approximate surface area is 225 Å². The lowest BCUT2D eigenvalue weighted by Crippen LogP contribution is -2.21. The van der Waals surface area contributed by atoms with E-state index < -0.39 is 0 Å². The molecule has 0 amide bonds. The lowest BCUT2D eigenvalue weighted by Gasteiger charge is -2.14. The summed E-state index contributed by atoms with van der Waals surface area (Å²) in [6, 6.07) is 15.6. The second kappa shape index (κ2) is 11.7. The normalized spacial score (nSPS) is 11.3. The van der Waals surface area contributed by atoms with Crippen molar-refractivity contribution in [2.24, 2.45) is 5.92 Å². The first-order chi connectivity index (χ1) is 18.1. The van der Waals surface area contributed by atoms with Gasteiger partial charge in [-0.3, -0.25) is 0 Å². The Hall–Kier alpha value is -3.77. The molecule has 198 valence electrons. The summed E-state index contributed by atoms with van der Waals surface area (Å²) < 4.78 is 0. The van der Waals surface area contributed by atoms with Crippen molar-refractivity contribution in [1.82, 2.24) is 20.3 Å². The highest BCUT2D eigenvalue weighted by atomic mass is 16.3. The third kappa shape index (κ3) is 6.37. The average Bonchev–Trinajstić information content (AvgIpc) is 2.84. The lowest BCUT2D eigenvalue weighted by atomic mass is 10.0. The minimum Gasteiger partial charge on any atom is -0.508 e. The maximum atomic E-state index is 10.9. The Kier molecular flexibility index (Phi) is 8.42. The first kappa shape index (κ1) is 27.3. The van der Waals surface area contributed by atoms with Crippen LogP contribution in [-0.2, 0) is 6.42 Å². The van der Waals surface area contributed by atoms with Crippen LogP contribution in [0.15, 0.2) is 48.5 Å². The lowest BCUT2D eigenvalue weighted by molar-refractivity contribution is 0.445. The summed E-state index contributed by atoms with van der Waals surface area (Å²) in [4.78, 5) is 14.5. The molecule has 4 rings (SSSR count). The molecule has 0 bridgehead atoms. The molecule has 4 aromatic rings. The maximum absolute atomic E-state index is 10.9. The van der Waals surface area contributed by atoms with Gasteiger partial charge >= 0.3 is 0 Å². The van der Waals surface area contributed by atoms with Gasteiger partial charge in [-0.05, 0) is 82.3 Å². The summed E-state index contributed by atoms with van der Waals surface area (Å²) in [6.45, 7) is 14.4. The molecule has 0 aliphatic rings. The predicted molar refractivity (Wildman–Crippen MR) is 154 cm³/mol. The molecule has 0 aliphatic carbocycles. The average molecular weight is 511 g/mol. The van der Waals surface area contributed by atoms with E-state index in [0.717, 1.165) is 47.3 Å². The van der Waals surface area contributed by atoms with Crippen LogP contribution in [0.5, 0.6) is 11.5 Å². The third-order valence-electron chi connectivity index (χ3n) is 6.67. The van der Waals surface area contributed by atoms with Gasteiger partial charge in [0.1, 0.15) is 11.5 Å². The van der Waals surface area contributed by atoms with Crippen LogP contribution in [0.4, 0.5) is 0 Å². The van der Waals surface area contributed by atoms with Crippen molar-refractivity contribution < 1.29 is 10.2 Å². The van der Waals surface area contributed by atoms with Crippen molar-refractivity contribution in [3.05, 3.63) is 76.3 Å². The van der Waals surface area contributed by atoms with Gasteiger partial charge in [0.05, 0.1) is 5.56 Å². The van der Waals surface area contributed by atoms with Gasteiger partial charge in [-0.15, -0.1) is 0 Å². The van der Waals surface area contributed by atoms with Gasteiger partial charge in [0.2, 0.25) is 0 Å². The van der Waals surface area contributed by atoms with E-state index in [4.69, 9.17) is 15.0 Å². The number of aryl methyl sites for hydroxylation is 5. The van der Waals surface area contributed by atoms with Gasteiger partial charge in [-0.2, -0.15) is 0 Å². The topological polar surface area (TPSA) is 91.2 Å². The van der Waals surface area contributed by atoms with E-state index in [1.807, 2.05) is 38.1 Å². The molecule has 0 aliphatic heterocycles. The summed E-state index contributed by atoms with van der Waals surface area (Å²) in [6.07, 6.45) is 1.53. The number of aromatic hydroxyl groups is 2. The Balaban J connectivity index is 1.80. The Morgan fingerprint density at radius 2 is 1.21 bits per heavy atom.